The number of nitrogens with zero attached hydrogens (tertiary/aromatic N) is 6. The summed E-state index contributed by atoms with van der Waals surface area (Å²) < 4.78 is 1.87. The molecule has 0 bridgehead atoms. The Labute approximate surface area is 869 Å². The minimum absolute atomic E-state index is 0. The number of hydrogen-bond donors (Lipinski definition) is 0. The van der Waals surface area contributed by atoms with Crippen LogP contribution in [0.25, 0.3) is 22.3 Å². The predicted octanol–water partition coefficient (Wildman–Crippen LogP) is 37.1. The minimum Gasteiger partial charge on any atom is -0.345 e. The maximum Gasteiger partial charge on any atom is 0.259 e. The van der Waals surface area contributed by atoms with E-state index in [2.05, 4.69) is 293 Å². The van der Waals surface area contributed by atoms with Gasteiger partial charge in [-0.1, -0.05) is 421 Å². The lowest BCUT2D eigenvalue weighted by atomic mass is 9.95. The van der Waals surface area contributed by atoms with Crippen LogP contribution in [-0.4, -0.2) is 56.9 Å². The Hall–Kier alpha value is -9.88. The molecule has 4 aliphatic heterocycles. The van der Waals surface area contributed by atoms with Gasteiger partial charge in [-0.25, -0.2) is 0 Å². The van der Waals surface area contributed by atoms with Gasteiger partial charge >= 0.3 is 0 Å². The largest absolute Gasteiger partial charge is 0.345 e. The fraction of sp³-hybridized carbons (Fsp3) is 0.473. The highest BCUT2D eigenvalue weighted by atomic mass is 79.9. The first-order valence-corrected chi connectivity index (χ1v) is 56.8. The quantitative estimate of drug-likeness (QED) is 0.0279. The molecule has 141 heavy (non-hydrogen) atoms. The Morgan fingerprint density at radius 3 is 0.738 bits per heavy atom. The Balaban J connectivity index is 0.000000224. The first kappa shape index (κ1) is 111. The number of carbonyl (C=O) groups is 4. The van der Waals surface area contributed by atoms with E-state index in [0.717, 1.165) is 211 Å². The molecule has 0 radical (unpaired) electrons. The van der Waals surface area contributed by atoms with Crippen molar-refractivity contribution in [1.82, 2.24) is 0 Å². The average Bonchev–Trinajstić information content (AvgIpc) is 1.57. The summed E-state index contributed by atoms with van der Waals surface area (Å²) in [7, 11) is 2.15. The zero-order chi connectivity index (χ0) is 98.8. The zero-order valence-corrected chi connectivity index (χ0v) is 90.4. The van der Waals surface area contributed by atoms with Crippen LogP contribution in [0.4, 0.5) is 51.2 Å². The third-order valence-corrected chi connectivity index (χ3v) is 30.0. The number of aryl methyl sites for hydroxylation is 5. The molecule has 754 valence electrons. The van der Waals surface area contributed by atoms with E-state index in [1.165, 1.54) is 217 Å². The van der Waals surface area contributed by atoms with Crippen molar-refractivity contribution in [3.8, 4) is 0 Å². The number of amides is 4. The van der Waals surface area contributed by atoms with Crippen LogP contribution in [-0.2, 0) is 57.7 Å². The highest BCUT2D eigenvalue weighted by molar-refractivity contribution is 9.10. The number of rotatable bonds is 57. The molecular weight excluding hydrogens is 1860 g/mol. The lowest BCUT2D eigenvalue weighted by Gasteiger charge is -2.28. The van der Waals surface area contributed by atoms with Crippen molar-refractivity contribution in [2.45, 2.75) is 365 Å². The maximum absolute atomic E-state index is 15.1. The van der Waals surface area contributed by atoms with Crippen molar-refractivity contribution in [3.05, 3.63) is 300 Å². The number of carbonyl (C=O) groups excluding carboxylic acids is 4. The molecule has 0 aromatic heterocycles. The van der Waals surface area contributed by atoms with Crippen molar-refractivity contribution in [1.29, 1.82) is 0 Å². The Morgan fingerprint density at radius 2 is 0.440 bits per heavy atom. The molecule has 4 heterocycles. The van der Waals surface area contributed by atoms with E-state index in [1.807, 2.05) is 56.0 Å². The topological polar surface area (TPSA) is 87.7 Å². The van der Waals surface area contributed by atoms with E-state index in [0.29, 0.717) is 48.5 Å². The van der Waals surface area contributed by atoms with Crippen molar-refractivity contribution in [2.75, 3.05) is 62.6 Å². The second-order valence-corrected chi connectivity index (χ2v) is 42.1. The third-order valence-electron chi connectivity index (χ3n) is 29.0. The molecule has 0 N–H and O–H groups in total. The van der Waals surface area contributed by atoms with Crippen molar-refractivity contribution < 1.29 is 19.2 Å². The molecule has 10 nitrogen and oxygen atoms in total. The Kier molecular flexibility index (Phi) is 47.5. The van der Waals surface area contributed by atoms with Crippen molar-refractivity contribution in [2.24, 2.45) is 0 Å². The fourth-order valence-corrected chi connectivity index (χ4v) is 21.3. The van der Waals surface area contributed by atoms with E-state index in [-0.39, 0.29) is 31.1 Å². The predicted molar refractivity (Wildman–Crippen MR) is 615 cm³/mol. The zero-order valence-electron chi connectivity index (χ0n) is 87.2. The van der Waals surface area contributed by atoms with Crippen LogP contribution in [0.5, 0.6) is 0 Å². The van der Waals surface area contributed by atoms with Gasteiger partial charge in [0.25, 0.3) is 23.6 Å². The smallest absolute Gasteiger partial charge is 0.259 e. The van der Waals surface area contributed by atoms with Gasteiger partial charge in [0.2, 0.25) is 0 Å². The first-order valence-electron chi connectivity index (χ1n) is 55.2. The molecule has 0 spiro atoms. The van der Waals surface area contributed by atoms with Crippen LogP contribution < -0.4 is 29.4 Å². The Bertz CT molecular complexity index is 5390. The van der Waals surface area contributed by atoms with Gasteiger partial charge in [0, 0.05) is 92.9 Å². The lowest BCUT2D eigenvalue weighted by molar-refractivity contribution is -0.114. The monoisotopic (exact) mass is 2030 g/mol. The van der Waals surface area contributed by atoms with E-state index in [1.54, 1.807) is 0 Å². The standard InChI is InChI=1S/C64H84N4O2.C36H50.C28H32Br2N2O2.CH4/c1-7-11-15-19-21-23-27-50-30-34-52(35-31-50)65(6)53-38-40-55(41-39-53)68(54-36-32-51(33-37-54)28-24-22-20-16-12-8-2)56-42-44-58-60(48-56)67(46-26-18-14-10-4)64(70)62(58)61-57-43-29-49(5)47-59(57)66(63(61)69)45-25-17-13-9-3;1-3-5-7-9-11-13-15-31-17-21-33(22-18-31)29-35-25-27-36(28-26-35)30-34-23-19-32(20-24-34)16-14-12-10-8-6-4-2;1-3-5-7-9-15-31-23-17-19(29)11-13-21(23)25(27(31)33)26-22-14-12-20(30)18-24(22)32(28(26)34)16-10-8-6-4-2;/h29-44,47-48H,7-28,45-46H2,1-6H3;17-28H,3-16,29-30H2,1-2H3;11-14,17-18H,3-10,15-16H2,1-2H3;1H4/b62-61+;;26-25+;. The number of fused-ring (bicyclic) bond motifs is 4. The molecule has 0 saturated carbocycles. The Morgan fingerprint density at radius 1 is 0.227 bits per heavy atom. The summed E-state index contributed by atoms with van der Waals surface area (Å²) in [6.07, 6.45) is 55.9. The van der Waals surface area contributed by atoms with Crippen molar-refractivity contribution >= 4 is 129 Å². The van der Waals surface area contributed by atoms with E-state index in [4.69, 9.17) is 0 Å². The SMILES string of the molecule is C.CCCCCCCCc1ccc(Cc2ccc(Cc3ccc(CCCCCCCC)cc3)cc2)cc1.CCCCCCCCc1ccc(N(C)c2ccc(N(c3ccc(CCCCCCCC)cc3)c3ccc4c(c3)N(CCCCCC)C(=O)/C4=C3/C(=O)N(CCCCCC)c4cc(C)ccc43)cc2)cc1.CCCCCCN1C(=O)/C(=C2/C(=O)N(CCCCCC)c3cc(Br)ccc32)c2ccc(Br)cc21. The fourth-order valence-electron chi connectivity index (χ4n) is 20.6. The molecule has 12 heteroatoms. The summed E-state index contributed by atoms with van der Waals surface area (Å²) in [4.78, 5) is 69.7. The first-order chi connectivity index (χ1) is 68.5. The van der Waals surface area contributed by atoms with E-state index in [9.17, 15) is 14.4 Å². The number of anilines is 9. The van der Waals surface area contributed by atoms with E-state index >= 15 is 4.79 Å². The average molecular weight is 2030 g/mol. The van der Waals surface area contributed by atoms with Gasteiger partial charge in [-0.15, -0.1) is 0 Å². The molecule has 10 aromatic rings. The molecule has 0 fully saturated rings. The summed E-state index contributed by atoms with van der Waals surface area (Å²) in [5.74, 6) is -0.246. The van der Waals surface area contributed by atoms with Gasteiger partial charge in [0.1, 0.15) is 0 Å². The molecule has 10 aromatic carbocycles. The van der Waals surface area contributed by atoms with Gasteiger partial charge in [0.05, 0.1) is 45.0 Å². The number of unbranched alkanes of at least 4 members (excludes halogenated alkanes) is 32. The minimum atomic E-state index is -0.0696. The number of halogens is 2. The second-order valence-electron chi connectivity index (χ2n) is 40.2. The summed E-state index contributed by atoms with van der Waals surface area (Å²) in [5, 5.41) is 0. The number of hydrogen-bond acceptors (Lipinski definition) is 6. The van der Waals surface area contributed by atoms with Crippen LogP contribution in [0.15, 0.2) is 227 Å². The summed E-state index contributed by atoms with van der Waals surface area (Å²) >= 11 is 7.14. The summed E-state index contributed by atoms with van der Waals surface area (Å²) in [6.45, 7) is 22.6. The molecule has 14 rings (SSSR count). The van der Waals surface area contributed by atoms with Gasteiger partial charge in [0.15, 0.2) is 0 Å². The highest BCUT2D eigenvalue weighted by Gasteiger charge is 2.44. The van der Waals surface area contributed by atoms with Gasteiger partial charge in [-0.2, -0.15) is 0 Å². The lowest BCUT2D eigenvalue weighted by Crippen LogP contribution is -2.30. The van der Waals surface area contributed by atoms with Crippen LogP contribution in [0.1, 0.15) is 392 Å². The number of benzene rings is 10. The van der Waals surface area contributed by atoms with Crippen LogP contribution >= 0.6 is 31.9 Å². The van der Waals surface area contributed by atoms with Gasteiger partial charge in [-0.3, -0.25) is 19.2 Å². The van der Waals surface area contributed by atoms with Gasteiger partial charge < -0.3 is 29.4 Å². The normalized spacial score (nSPS) is 14.0. The summed E-state index contributed by atoms with van der Waals surface area (Å²) in [6, 6.07) is 79.6. The third kappa shape index (κ3) is 32.1. The highest BCUT2D eigenvalue weighted by Crippen LogP contribution is 2.52. The molecule has 0 saturated heterocycles. The van der Waals surface area contributed by atoms with Crippen molar-refractivity contribution in [3.63, 3.8) is 0 Å². The molecule has 0 aliphatic carbocycles. The van der Waals surface area contributed by atoms with Crippen LogP contribution in [0, 0.1) is 6.92 Å². The molecule has 0 atom stereocenters. The molecule has 0 unspecified atom stereocenters. The van der Waals surface area contributed by atoms with Crippen LogP contribution in [0.3, 0.4) is 0 Å². The molecule has 4 amide bonds. The second kappa shape index (κ2) is 60.0. The van der Waals surface area contributed by atoms with E-state index < -0.39 is 0 Å². The molecule has 4 aliphatic rings. The summed E-state index contributed by atoms with van der Waals surface area (Å²) in [5.41, 5.74) is 27.1. The molecular formula is C129H170Br2N6O4. The van der Waals surface area contributed by atoms with Crippen LogP contribution in [0.2, 0.25) is 0 Å². The van der Waals surface area contributed by atoms with Gasteiger partial charge in [-0.05, 0) is 244 Å². The maximum atomic E-state index is 15.1.